The minimum absolute atomic E-state index is 0.0344. The smallest absolute Gasteiger partial charge is 0.230 e. The van der Waals surface area contributed by atoms with E-state index in [-0.39, 0.29) is 11.7 Å². The second kappa shape index (κ2) is 8.00. The third-order valence-electron chi connectivity index (χ3n) is 5.49. The van der Waals surface area contributed by atoms with Gasteiger partial charge in [0.2, 0.25) is 5.91 Å². The van der Waals surface area contributed by atoms with E-state index < -0.39 is 5.41 Å². The van der Waals surface area contributed by atoms with Gasteiger partial charge in [0.15, 0.2) is 0 Å². The van der Waals surface area contributed by atoms with Gasteiger partial charge in [-0.2, -0.15) is 0 Å². The van der Waals surface area contributed by atoms with Crippen LogP contribution >= 0.6 is 0 Å². The zero-order chi connectivity index (χ0) is 18.6. The summed E-state index contributed by atoms with van der Waals surface area (Å²) in [6, 6.07) is 16.6. The van der Waals surface area contributed by atoms with Gasteiger partial charge in [0.25, 0.3) is 0 Å². The summed E-state index contributed by atoms with van der Waals surface area (Å²) >= 11 is 0. The molecule has 2 N–H and O–H groups in total. The summed E-state index contributed by atoms with van der Waals surface area (Å²) < 4.78 is 13.2. The number of hydrogen-bond acceptors (Lipinski definition) is 2. The van der Waals surface area contributed by atoms with Crippen LogP contribution in [0.15, 0.2) is 54.6 Å². The molecule has 1 saturated heterocycles. The van der Waals surface area contributed by atoms with Crippen molar-refractivity contribution < 1.29 is 9.18 Å². The van der Waals surface area contributed by atoms with Gasteiger partial charge in [-0.3, -0.25) is 4.79 Å². The van der Waals surface area contributed by atoms with E-state index in [0.29, 0.717) is 18.4 Å². The highest BCUT2D eigenvalue weighted by Gasteiger charge is 2.32. The van der Waals surface area contributed by atoms with Crippen LogP contribution in [-0.2, 0) is 10.2 Å². The zero-order valence-electron chi connectivity index (χ0n) is 15.5. The summed E-state index contributed by atoms with van der Waals surface area (Å²) in [5, 5.41) is 6.56. The summed E-state index contributed by atoms with van der Waals surface area (Å²) in [6.07, 6.45) is 0.994. The van der Waals surface area contributed by atoms with Crippen LogP contribution in [0.25, 0.3) is 0 Å². The average molecular weight is 354 g/mol. The van der Waals surface area contributed by atoms with Crippen LogP contribution in [0.4, 0.5) is 4.39 Å². The van der Waals surface area contributed by atoms with E-state index in [9.17, 15) is 9.18 Å². The molecule has 0 saturated carbocycles. The van der Waals surface area contributed by atoms with Crippen molar-refractivity contribution in [1.82, 2.24) is 10.6 Å². The summed E-state index contributed by atoms with van der Waals surface area (Å²) in [4.78, 5) is 12.8. The Hall–Kier alpha value is -2.20. The van der Waals surface area contributed by atoms with E-state index in [2.05, 4.69) is 10.6 Å². The molecule has 2 aromatic rings. The molecule has 26 heavy (non-hydrogen) atoms. The first kappa shape index (κ1) is 18.6. The van der Waals surface area contributed by atoms with Gasteiger partial charge in [0, 0.05) is 13.1 Å². The molecule has 138 valence electrons. The van der Waals surface area contributed by atoms with Crippen LogP contribution in [0.5, 0.6) is 0 Å². The molecule has 0 aliphatic carbocycles. The van der Waals surface area contributed by atoms with Crippen LogP contribution in [0, 0.1) is 11.7 Å². The molecule has 0 spiro atoms. The number of benzene rings is 2. The molecule has 1 amide bonds. The number of nitrogens with one attached hydrogen (secondary N) is 2. The largest absolute Gasteiger partial charge is 0.355 e. The van der Waals surface area contributed by atoms with E-state index in [4.69, 9.17) is 0 Å². The number of halogens is 1. The Bertz CT molecular complexity index is 728. The standard InChI is InChI=1S/C22H27FN2O/c1-22(2,18-6-4-3-5-7-18)21(26)25-15-17-14-24-13-12-20(17)16-8-10-19(23)11-9-16/h3-11,17,20,24H,12-15H2,1-2H3,(H,25,26)/t17-,20+/m0/s1. The SMILES string of the molecule is CC(C)(C(=O)NC[C@@H]1CNCC[C@@H]1c1ccc(F)cc1)c1ccccc1. The summed E-state index contributed by atoms with van der Waals surface area (Å²) in [6.45, 7) is 6.32. The molecule has 1 fully saturated rings. The third kappa shape index (κ3) is 4.13. The fourth-order valence-electron chi connectivity index (χ4n) is 3.72. The molecule has 3 nitrogen and oxygen atoms in total. The van der Waals surface area contributed by atoms with Crippen molar-refractivity contribution >= 4 is 5.91 Å². The molecule has 1 heterocycles. The van der Waals surface area contributed by atoms with Gasteiger partial charge in [-0.05, 0) is 61.9 Å². The van der Waals surface area contributed by atoms with Crippen molar-refractivity contribution in [3.05, 3.63) is 71.5 Å². The molecule has 2 aromatic carbocycles. The molecule has 4 heteroatoms. The summed E-state index contributed by atoms with van der Waals surface area (Å²) in [5.74, 6) is 0.450. The minimum atomic E-state index is -0.575. The van der Waals surface area contributed by atoms with E-state index in [0.717, 1.165) is 30.6 Å². The van der Waals surface area contributed by atoms with Crippen molar-refractivity contribution in [3.8, 4) is 0 Å². The van der Waals surface area contributed by atoms with Crippen LogP contribution in [0.1, 0.15) is 37.3 Å². The Morgan fingerprint density at radius 3 is 2.54 bits per heavy atom. The van der Waals surface area contributed by atoms with Gasteiger partial charge < -0.3 is 10.6 Å². The number of rotatable bonds is 5. The molecule has 1 aliphatic heterocycles. The predicted octanol–water partition coefficient (Wildman–Crippen LogP) is 3.61. The molecule has 0 aromatic heterocycles. The summed E-state index contributed by atoms with van der Waals surface area (Å²) in [7, 11) is 0. The second-order valence-electron chi connectivity index (χ2n) is 7.61. The highest BCUT2D eigenvalue weighted by Crippen LogP contribution is 2.30. The lowest BCUT2D eigenvalue weighted by molar-refractivity contribution is -0.125. The number of carbonyl (C=O) groups excluding carboxylic acids is 1. The molecular weight excluding hydrogens is 327 g/mol. The highest BCUT2D eigenvalue weighted by atomic mass is 19.1. The zero-order valence-corrected chi connectivity index (χ0v) is 15.5. The van der Waals surface area contributed by atoms with Crippen LogP contribution in [0.3, 0.4) is 0 Å². The van der Waals surface area contributed by atoms with E-state index in [1.165, 1.54) is 12.1 Å². The van der Waals surface area contributed by atoms with Gasteiger partial charge in [-0.25, -0.2) is 4.39 Å². The maximum atomic E-state index is 13.2. The lowest BCUT2D eigenvalue weighted by Gasteiger charge is -2.34. The maximum Gasteiger partial charge on any atom is 0.230 e. The van der Waals surface area contributed by atoms with Crippen LogP contribution in [0.2, 0.25) is 0 Å². The Labute approximate surface area is 155 Å². The molecule has 3 rings (SSSR count). The Morgan fingerprint density at radius 2 is 1.85 bits per heavy atom. The van der Waals surface area contributed by atoms with Crippen molar-refractivity contribution in [2.75, 3.05) is 19.6 Å². The third-order valence-corrected chi connectivity index (χ3v) is 5.49. The molecular formula is C22H27FN2O. The number of amides is 1. The van der Waals surface area contributed by atoms with E-state index in [1.807, 2.05) is 56.3 Å². The minimum Gasteiger partial charge on any atom is -0.355 e. The van der Waals surface area contributed by atoms with Crippen molar-refractivity contribution in [2.24, 2.45) is 5.92 Å². The highest BCUT2D eigenvalue weighted by molar-refractivity contribution is 5.87. The molecule has 2 atom stereocenters. The Balaban J connectivity index is 1.67. The monoisotopic (exact) mass is 354 g/mol. The maximum absolute atomic E-state index is 13.2. The average Bonchev–Trinajstić information content (AvgIpc) is 2.67. The lowest BCUT2D eigenvalue weighted by atomic mass is 9.80. The Morgan fingerprint density at radius 1 is 1.15 bits per heavy atom. The first-order valence-electron chi connectivity index (χ1n) is 9.28. The number of piperidine rings is 1. The first-order chi connectivity index (χ1) is 12.5. The summed E-state index contributed by atoms with van der Waals surface area (Å²) in [5.41, 5.74) is 1.58. The van der Waals surface area contributed by atoms with Gasteiger partial charge in [-0.1, -0.05) is 42.5 Å². The molecule has 0 radical (unpaired) electrons. The van der Waals surface area contributed by atoms with Gasteiger partial charge in [-0.15, -0.1) is 0 Å². The van der Waals surface area contributed by atoms with Crippen LogP contribution in [-0.4, -0.2) is 25.5 Å². The number of carbonyl (C=O) groups is 1. The lowest BCUT2D eigenvalue weighted by Crippen LogP contribution is -2.46. The van der Waals surface area contributed by atoms with Gasteiger partial charge >= 0.3 is 0 Å². The number of hydrogen-bond donors (Lipinski definition) is 2. The Kier molecular flexibility index (Phi) is 5.72. The topological polar surface area (TPSA) is 41.1 Å². The van der Waals surface area contributed by atoms with Gasteiger partial charge in [0.05, 0.1) is 5.41 Å². The van der Waals surface area contributed by atoms with Crippen molar-refractivity contribution in [1.29, 1.82) is 0 Å². The second-order valence-corrected chi connectivity index (χ2v) is 7.61. The van der Waals surface area contributed by atoms with E-state index >= 15 is 0 Å². The first-order valence-corrected chi connectivity index (χ1v) is 9.28. The predicted molar refractivity (Wildman–Crippen MR) is 103 cm³/mol. The fraction of sp³-hybridized carbons (Fsp3) is 0.409. The van der Waals surface area contributed by atoms with Crippen molar-refractivity contribution in [2.45, 2.75) is 31.6 Å². The van der Waals surface area contributed by atoms with E-state index in [1.54, 1.807) is 0 Å². The fourth-order valence-corrected chi connectivity index (χ4v) is 3.72. The van der Waals surface area contributed by atoms with Crippen LogP contribution < -0.4 is 10.6 Å². The normalized spacial score (nSPS) is 20.6. The van der Waals surface area contributed by atoms with Gasteiger partial charge in [0.1, 0.15) is 5.82 Å². The molecule has 0 bridgehead atoms. The van der Waals surface area contributed by atoms with Crippen molar-refractivity contribution in [3.63, 3.8) is 0 Å². The quantitative estimate of drug-likeness (QED) is 0.861. The molecule has 1 aliphatic rings. The molecule has 0 unspecified atom stereocenters.